The second kappa shape index (κ2) is 14.0. The molecule has 1 amide bonds. The maximum absolute atomic E-state index is 11.1. The van der Waals surface area contributed by atoms with Gasteiger partial charge in [0.15, 0.2) is 0 Å². The molecule has 2 nitrogen and oxygen atoms in total. The van der Waals surface area contributed by atoms with Crippen molar-refractivity contribution in [2.45, 2.75) is 98.8 Å². The highest BCUT2D eigenvalue weighted by molar-refractivity contribution is 5.83. The highest BCUT2D eigenvalue weighted by Gasteiger charge is 2.30. The van der Waals surface area contributed by atoms with E-state index in [-0.39, 0.29) is 5.91 Å². The predicted molar refractivity (Wildman–Crippen MR) is 98.5 cm³/mol. The summed E-state index contributed by atoms with van der Waals surface area (Å²) in [5, 5.41) is 0. The molecule has 2 aliphatic rings. The van der Waals surface area contributed by atoms with Crippen LogP contribution in [0.4, 0.5) is 0 Å². The smallest absolute Gasteiger partial charge is 0.242 e. The van der Waals surface area contributed by atoms with Gasteiger partial charge in [-0.25, -0.2) is 4.99 Å². The zero-order chi connectivity index (χ0) is 16.8. The van der Waals surface area contributed by atoms with E-state index in [1.165, 1.54) is 64.2 Å². The van der Waals surface area contributed by atoms with E-state index in [1.807, 2.05) is 33.9 Å². The molecule has 2 saturated carbocycles. The van der Waals surface area contributed by atoms with Crippen molar-refractivity contribution in [3.63, 3.8) is 0 Å². The Balaban J connectivity index is 0.00000102. The van der Waals surface area contributed by atoms with Crippen molar-refractivity contribution in [2.75, 3.05) is 0 Å². The average Bonchev–Trinajstić information content (AvgIpc) is 2.60. The van der Waals surface area contributed by atoms with Crippen molar-refractivity contribution in [2.24, 2.45) is 22.7 Å². The maximum atomic E-state index is 11.1. The molecule has 0 bridgehead atoms. The highest BCUT2D eigenvalue weighted by Crippen LogP contribution is 2.39. The lowest BCUT2D eigenvalue weighted by molar-refractivity contribution is -0.115. The van der Waals surface area contributed by atoms with E-state index in [1.54, 1.807) is 6.92 Å². The van der Waals surface area contributed by atoms with Crippen LogP contribution in [0.3, 0.4) is 0 Å². The molecule has 2 fully saturated rings. The molecule has 0 unspecified atom stereocenters. The molecule has 0 saturated heterocycles. The lowest BCUT2D eigenvalue weighted by Crippen LogP contribution is -2.28. The number of hydrogen-bond donors (Lipinski definition) is 0. The number of amides is 1. The first-order valence-electron chi connectivity index (χ1n) is 9.82. The number of carbonyl (C=O) groups is 1. The molecule has 0 aromatic heterocycles. The van der Waals surface area contributed by atoms with Crippen molar-refractivity contribution in [3.8, 4) is 0 Å². The summed E-state index contributed by atoms with van der Waals surface area (Å²) in [6.45, 7) is 9.56. The van der Waals surface area contributed by atoms with Crippen molar-refractivity contribution >= 4 is 12.1 Å². The standard InChI is InChI=1S/C16H27NO.2C2H6/c1-13(18)17-12-16(14-8-4-2-5-9-14)15-10-6-3-7-11-15;2*1-2/h12,14-16H,2-11H2,1H3;2*1-2H3. The minimum absolute atomic E-state index is 0.0355. The molecule has 0 aromatic carbocycles. The fourth-order valence-corrected chi connectivity index (χ4v) is 3.86. The third-order valence-electron chi connectivity index (χ3n) is 4.82. The first kappa shape index (κ1) is 21.3. The monoisotopic (exact) mass is 309 g/mol. The van der Waals surface area contributed by atoms with Gasteiger partial charge in [-0.1, -0.05) is 66.2 Å². The summed E-state index contributed by atoms with van der Waals surface area (Å²) in [4.78, 5) is 15.2. The molecular formula is C20H39NO. The van der Waals surface area contributed by atoms with E-state index in [4.69, 9.17) is 0 Å². The summed E-state index contributed by atoms with van der Waals surface area (Å²) in [5.41, 5.74) is 0. The Labute approximate surface area is 139 Å². The van der Waals surface area contributed by atoms with Crippen LogP contribution in [0, 0.1) is 17.8 Å². The van der Waals surface area contributed by atoms with Gasteiger partial charge in [-0.05, 0) is 37.5 Å². The Morgan fingerprint density at radius 2 is 1.18 bits per heavy atom. The first-order chi connectivity index (χ1) is 10.8. The Hall–Kier alpha value is -0.660. The Morgan fingerprint density at radius 3 is 1.50 bits per heavy atom. The minimum atomic E-state index is -0.0355. The molecule has 0 aliphatic heterocycles. The molecule has 0 spiro atoms. The second-order valence-corrected chi connectivity index (χ2v) is 6.17. The number of nitrogens with zero attached hydrogens (tertiary/aromatic N) is 1. The number of rotatable bonds is 3. The van der Waals surface area contributed by atoms with E-state index >= 15 is 0 Å². The first-order valence-corrected chi connectivity index (χ1v) is 9.82. The van der Waals surface area contributed by atoms with Crippen molar-refractivity contribution in [3.05, 3.63) is 0 Å². The quantitative estimate of drug-likeness (QED) is 0.552. The fraction of sp³-hybridized carbons (Fsp3) is 0.900. The summed E-state index contributed by atoms with van der Waals surface area (Å²) in [6, 6.07) is 0. The SMILES string of the molecule is CC.CC.CC(=O)N=CC(C1CCCCC1)C1CCCCC1. The van der Waals surface area contributed by atoms with Gasteiger partial charge < -0.3 is 0 Å². The minimum Gasteiger partial charge on any atom is -0.273 e. The Kier molecular flexibility index (Phi) is 13.5. The van der Waals surface area contributed by atoms with Crippen LogP contribution in [-0.4, -0.2) is 12.1 Å². The molecule has 0 aromatic rings. The van der Waals surface area contributed by atoms with Crippen LogP contribution in [0.1, 0.15) is 98.8 Å². The number of carbonyl (C=O) groups excluding carboxylic acids is 1. The van der Waals surface area contributed by atoms with E-state index in [0.29, 0.717) is 5.92 Å². The van der Waals surface area contributed by atoms with E-state index in [9.17, 15) is 4.79 Å². The summed E-state index contributed by atoms with van der Waals surface area (Å²) in [5.74, 6) is 2.14. The molecule has 0 heterocycles. The van der Waals surface area contributed by atoms with Crippen LogP contribution in [0.25, 0.3) is 0 Å². The van der Waals surface area contributed by atoms with E-state index in [2.05, 4.69) is 4.99 Å². The molecule has 0 N–H and O–H groups in total. The van der Waals surface area contributed by atoms with Gasteiger partial charge in [0.2, 0.25) is 5.91 Å². The molecule has 2 heteroatoms. The van der Waals surface area contributed by atoms with Crippen molar-refractivity contribution < 1.29 is 4.79 Å². The summed E-state index contributed by atoms with van der Waals surface area (Å²) in [7, 11) is 0. The average molecular weight is 310 g/mol. The molecule has 0 radical (unpaired) electrons. The third kappa shape index (κ3) is 8.10. The van der Waals surface area contributed by atoms with Crippen molar-refractivity contribution in [1.29, 1.82) is 0 Å². The highest BCUT2D eigenvalue weighted by atomic mass is 16.1. The summed E-state index contributed by atoms with van der Waals surface area (Å²) < 4.78 is 0. The second-order valence-electron chi connectivity index (χ2n) is 6.17. The predicted octanol–water partition coefficient (Wildman–Crippen LogP) is 6.43. The fourth-order valence-electron chi connectivity index (χ4n) is 3.86. The van der Waals surface area contributed by atoms with Gasteiger partial charge in [-0.3, -0.25) is 4.79 Å². The van der Waals surface area contributed by atoms with Crippen LogP contribution in [-0.2, 0) is 4.79 Å². The summed E-state index contributed by atoms with van der Waals surface area (Å²) >= 11 is 0. The zero-order valence-electron chi connectivity index (χ0n) is 15.7. The van der Waals surface area contributed by atoms with Crippen LogP contribution < -0.4 is 0 Å². The van der Waals surface area contributed by atoms with Crippen LogP contribution >= 0.6 is 0 Å². The van der Waals surface area contributed by atoms with Gasteiger partial charge in [0.05, 0.1) is 0 Å². The molecule has 0 atom stereocenters. The van der Waals surface area contributed by atoms with Gasteiger partial charge >= 0.3 is 0 Å². The largest absolute Gasteiger partial charge is 0.273 e. The Morgan fingerprint density at radius 1 is 0.818 bits per heavy atom. The topological polar surface area (TPSA) is 29.4 Å². The number of hydrogen-bond acceptors (Lipinski definition) is 1. The van der Waals surface area contributed by atoms with Crippen LogP contribution in [0.5, 0.6) is 0 Å². The molecule has 130 valence electrons. The van der Waals surface area contributed by atoms with Crippen LogP contribution in [0.15, 0.2) is 4.99 Å². The van der Waals surface area contributed by atoms with Gasteiger partial charge in [0.25, 0.3) is 0 Å². The van der Waals surface area contributed by atoms with Gasteiger partial charge in [0, 0.05) is 19.1 Å². The maximum Gasteiger partial charge on any atom is 0.242 e. The molecule has 2 rings (SSSR count). The van der Waals surface area contributed by atoms with Crippen molar-refractivity contribution in [1.82, 2.24) is 0 Å². The zero-order valence-corrected chi connectivity index (χ0v) is 15.7. The normalized spacial score (nSPS) is 20.1. The van der Waals surface area contributed by atoms with E-state index in [0.717, 1.165) is 11.8 Å². The lowest BCUT2D eigenvalue weighted by atomic mass is 9.70. The summed E-state index contributed by atoms with van der Waals surface area (Å²) in [6.07, 6.45) is 15.7. The van der Waals surface area contributed by atoms with Crippen LogP contribution in [0.2, 0.25) is 0 Å². The number of aliphatic imine (C=N–C) groups is 1. The van der Waals surface area contributed by atoms with Gasteiger partial charge in [-0.2, -0.15) is 0 Å². The Bertz CT molecular complexity index is 268. The molecule has 22 heavy (non-hydrogen) atoms. The lowest BCUT2D eigenvalue weighted by Gasteiger charge is -2.35. The van der Waals surface area contributed by atoms with Gasteiger partial charge in [0.1, 0.15) is 0 Å². The van der Waals surface area contributed by atoms with E-state index < -0.39 is 0 Å². The molecular weight excluding hydrogens is 270 g/mol. The molecule has 2 aliphatic carbocycles. The third-order valence-corrected chi connectivity index (χ3v) is 4.82. The van der Waals surface area contributed by atoms with Gasteiger partial charge in [-0.15, -0.1) is 0 Å².